The lowest BCUT2D eigenvalue weighted by molar-refractivity contribution is -0.137. The zero-order chi connectivity index (χ0) is 20.3. The molecule has 3 rings (SSSR count). The second kappa shape index (κ2) is 8.43. The molecule has 1 aliphatic heterocycles. The van der Waals surface area contributed by atoms with E-state index in [1.165, 1.54) is 0 Å². The number of benzene rings is 2. The van der Waals surface area contributed by atoms with Crippen LogP contribution < -0.4 is 4.90 Å². The molecular weight excluding hydrogens is 365 g/mol. The number of aryl methyl sites for hydroxylation is 1. The normalized spacial score (nSPS) is 21.1. The van der Waals surface area contributed by atoms with E-state index in [0.717, 1.165) is 55.9 Å². The van der Waals surface area contributed by atoms with Gasteiger partial charge >= 0.3 is 6.18 Å². The topological polar surface area (TPSA) is 26.7 Å². The molecule has 1 heterocycles. The number of nitrogens with zero attached hydrogens (tertiary/aromatic N) is 2. The summed E-state index contributed by atoms with van der Waals surface area (Å²) in [6.07, 6.45) is -2.59. The minimum Gasteiger partial charge on any atom is -0.508 e. The molecule has 2 atom stereocenters. The van der Waals surface area contributed by atoms with Crippen LogP contribution in [0.4, 0.5) is 18.9 Å². The maximum atomic E-state index is 12.7. The summed E-state index contributed by atoms with van der Waals surface area (Å²) in [7, 11) is 0. The Morgan fingerprint density at radius 2 is 1.50 bits per heavy atom. The van der Waals surface area contributed by atoms with Gasteiger partial charge in [0, 0.05) is 30.9 Å². The Kier molecular flexibility index (Phi) is 6.18. The molecule has 28 heavy (non-hydrogen) atoms. The molecular formula is C22H27F3N2O. The summed E-state index contributed by atoms with van der Waals surface area (Å²) in [5, 5.41) is 9.46. The average Bonchev–Trinajstić information content (AvgIpc) is 2.64. The molecule has 0 aliphatic carbocycles. The van der Waals surface area contributed by atoms with Crippen LogP contribution in [-0.2, 0) is 12.6 Å². The van der Waals surface area contributed by atoms with Crippen molar-refractivity contribution in [2.24, 2.45) is 0 Å². The highest BCUT2D eigenvalue weighted by molar-refractivity contribution is 5.49. The van der Waals surface area contributed by atoms with E-state index in [0.29, 0.717) is 12.1 Å². The number of hydrogen-bond acceptors (Lipinski definition) is 3. The molecule has 0 amide bonds. The smallest absolute Gasteiger partial charge is 0.416 e. The molecule has 0 aromatic heterocycles. The Hall–Kier alpha value is -2.21. The molecule has 1 saturated heterocycles. The van der Waals surface area contributed by atoms with E-state index in [1.54, 1.807) is 24.3 Å². The van der Waals surface area contributed by atoms with Crippen molar-refractivity contribution in [2.45, 2.75) is 44.9 Å². The summed E-state index contributed by atoms with van der Waals surface area (Å²) in [6, 6.07) is 13.5. The van der Waals surface area contributed by atoms with Gasteiger partial charge in [-0.1, -0.05) is 12.1 Å². The molecule has 152 valence electrons. The monoisotopic (exact) mass is 392 g/mol. The van der Waals surface area contributed by atoms with Crippen LogP contribution in [0.3, 0.4) is 0 Å². The van der Waals surface area contributed by atoms with Crippen molar-refractivity contribution in [3.63, 3.8) is 0 Å². The highest BCUT2D eigenvalue weighted by atomic mass is 19.4. The van der Waals surface area contributed by atoms with Crippen LogP contribution in [0.2, 0.25) is 0 Å². The van der Waals surface area contributed by atoms with Crippen LogP contribution in [0, 0.1) is 0 Å². The van der Waals surface area contributed by atoms with Crippen molar-refractivity contribution in [3.05, 3.63) is 59.7 Å². The Morgan fingerprint density at radius 1 is 0.929 bits per heavy atom. The van der Waals surface area contributed by atoms with Crippen molar-refractivity contribution in [1.29, 1.82) is 0 Å². The standard InChI is InChI=1S/C22H27F3N2O/c1-16-14-26(20-9-11-21(28)12-10-20)15-17(2)27(16)13-3-4-18-5-7-19(8-6-18)22(23,24)25/h5-12,16-17,28H,3-4,13-15H2,1-2H3. The number of rotatable bonds is 5. The number of anilines is 1. The summed E-state index contributed by atoms with van der Waals surface area (Å²) in [4.78, 5) is 4.81. The van der Waals surface area contributed by atoms with Crippen molar-refractivity contribution < 1.29 is 18.3 Å². The molecule has 1 fully saturated rings. The van der Waals surface area contributed by atoms with Gasteiger partial charge in [-0.15, -0.1) is 0 Å². The average molecular weight is 392 g/mol. The van der Waals surface area contributed by atoms with E-state index in [9.17, 15) is 18.3 Å². The van der Waals surface area contributed by atoms with Gasteiger partial charge in [0.25, 0.3) is 0 Å². The number of piperazine rings is 1. The van der Waals surface area contributed by atoms with Crippen molar-refractivity contribution in [3.8, 4) is 5.75 Å². The minimum absolute atomic E-state index is 0.270. The zero-order valence-electron chi connectivity index (χ0n) is 16.3. The highest BCUT2D eigenvalue weighted by Crippen LogP contribution is 2.29. The van der Waals surface area contributed by atoms with Crippen LogP contribution in [0.25, 0.3) is 0 Å². The summed E-state index contributed by atoms with van der Waals surface area (Å²) in [5.41, 5.74) is 1.46. The fourth-order valence-electron chi connectivity index (χ4n) is 4.00. The predicted molar refractivity (Wildman–Crippen MR) is 106 cm³/mol. The number of halogens is 3. The van der Waals surface area contributed by atoms with Crippen LogP contribution in [0.1, 0.15) is 31.4 Å². The van der Waals surface area contributed by atoms with Gasteiger partial charge in [-0.05, 0) is 75.2 Å². The second-order valence-corrected chi connectivity index (χ2v) is 7.66. The summed E-state index contributed by atoms with van der Waals surface area (Å²) in [6.45, 7) is 7.17. The molecule has 0 radical (unpaired) electrons. The van der Waals surface area contributed by atoms with Gasteiger partial charge in [-0.3, -0.25) is 4.90 Å². The van der Waals surface area contributed by atoms with E-state index in [4.69, 9.17) is 0 Å². The number of phenols is 1. The fraction of sp³-hybridized carbons (Fsp3) is 0.455. The highest BCUT2D eigenvalue weighted by Gasteiger charge is 2.30. The molecule has 2 aromatic carbocycles. The molecule has 2 aromatic rings. The Balaban J connectivity index is 1.52. The maximum Gasteiger partial charge on any atom is 0.416 e. The lowest BCUT2D eigenvalue weighted by atomic mass is 10.0. The third-order valence-corrected chi connectivity index (χ3v) is 5.48. The lowest BCUT2D eigenvalue weighted by Gasteiger charge is -2.45. The minimum atomic E-state index is -4.28. The van der Waals surface area contributed by atoms with E-state index >= 15 is 0 Å². The van der Waals surface area contributed by atoms with E-state index in [1.807, 2.05) is 12.1 Å². The molecule has 6 heteroatoms. The zero-order valence-corrected chi connectivity index (χ0v) is 16.3. The third-order valence-electron chi connectivity index (χ3n) is 5.48. The number of hydrogen-bond donors (Lipinski definition) is 1. The van der Waals surface area contributed by atoms with Gasteiger partial charge in [0.2, 0.25) is 0 Å². The van der Waals surface area contributed by atoms with Crippen molar-refractivity contribution in [1.82, 2.24) is 4.90 Å². The SMILES string of the molecule is CC1CN(c2ccc(O)cc2)CC(C)N1CCCc1ccc(C(F)(F)F)cc1. The number of aromatic hydroxyl groups is 1. The lowest BCUT2D eigenvalue weighted by Crippen LogP contribution is -2.57. The van der Waals surface area contributed by atoms with Gasteiger partial charge in [0.05, 0.1) is 5.56 Å². The summed E-state index contributed by atoms with van der Waals surface area (Å²) < 4.78 is 38.0. The van der Waals surface area contributed by atoms with Crippen molar-refractivity contribution >= 4 is 5.69 Å². The third kappa shape index (κ3) is 4.98. The van der Waals surface area contributed by atoms with Crippen LogP contribution in [-0.4, -0.2) is 41.7 Å². The largest absolute Gasteiger partial charge is 0.508 e. The van der Waals surface area contributed by atoms with Crippen molar-refractivity contribution in [2.75, 3.05) is 24.5 Å². The quantitative estimate of drug-likeness (QED) is 0.781. The van der Waals surface area contributed by atoms with Crippen LogP contribution in [0.5, 0.6) is 5.75 Å². The maximum absolute atomic E-state index is 12.7. The number of alkyl halides is 3. The Morgan fingerprint density at radius 3 is 2.04 bits per heavy atom. The van der Waals surface area contributed by atoms with Gasteiger partial charge in [0.15, 0.2) is 0 Å². The van der Waals surface area contributed by atoms with Crippen LogP contribution in [0.15, 0.2) is 48.5 Å². The first-order chi connectivity index (χ1) is 13.2. The Labute approximate surface area is 164 Å². The molecule has 0 saturated carbocycles. The molecule has 2 unspecified atom stereocenters. The van der Waals surface area contributed by atoms with Gasteiger partial charge in [-0.2, -0.15) is 13.2 Å². The second-order valence-electron chi connectivity index (χ2n) is 7.66. The van der Waals surface area contributed by atoms with E-state index < -0.39 is 11.7 Å². The van der Waals surface area contributed by atoms with Gasteiger partial charge < -0.3 is 10.0 Å². The molecule has 0 spiro atoms. The molecule has 3 nitrogen and oxygen atoms in total. The van der Waals surface area contributed by atoms with E-state index in [-0.39, 0.29) is 5.75 Å². The molecule has 1 aliphatic rings. The molecule has 1 N–H and O–H groups in total. The fourth-order valence-corrected chi connectivity index (χ4v) is 4.00. The predicted octanol–water partition coefficient (Wildman–Crippen LogP) is 4.94. The Bertz CT molecular complexity index is 747. The first-order valence-electron chi connectivity index (χ1n) is 9.70. The summed E-state index contributed by atoms with van der Waals surface area (Å²) >= 11 is 0. The van der Waals surface area contributed by atoms with E-state index in [2.05, 4.69) is 23.6 Å². The molecule has 0 bridgehead atoms. The van der Waals surface area contributed by atoms with Crippen LogP contribution >= 0.6 is 0 Å². The van der Waals surface area contributed by atoms with Gasteiger partial charge in [-0.25, -0.2) is 0 Å². The summed E-state index contributed by atoms with van der Waals surface area (Å²) in [5.74, 6) is 0.270. The number of phenolic OH excluding ortho intramolecular Hbond substituents is 1. The first kappa shape index (κ1) is 20.5. The van der Waals surface area contributed by atoms with Gasteiger partial charge in [0.1, 0.15) is 5.75 Å². The first-order valence-corrected chi connectivity index (χ1v) is 9.70.